The smallest absolute Gasteiger partial charge is 0.0621 e. The van der Waals surface area contributed by atoms with Crippen molar-refractivity contribution in [1.82, 2.24) is 0 Å². The fourth-order valence-corrected chi connectivity index (χ4v) is 2.03. The average Bonchev–Trinajstić information content (AvgIpc) is 2.37. The number of nitrogens with zero attached hydrogens (tertiary/aromatic N) is 4. The summed E-state index contributed by atoms with van der Waals surface area (Å²) in [5, 5.41) is 34.6. The van der Waals surface area contributed by atoms with Crippen LogP contribution in [0.2, 0.25) is 0 Å². The van der Waals surface area contributed by atoms with Crippen molar-refractivity contribution in [2.75, 3.05) is 0 Å². The zero-order valence-electron chi connectivity index (χ0n) is 9.95. The van der Waals surface area contributed by atoms with Gasteiger partial charge in [0.05, 0.1) is 24.3 Å². The molecular formula is C13H16N4. The molecule has 0 aromatic rings. The number of nitriles is 4. The fraction of sp³-hybridized carbons (Fsp3) is 0.692. The van der Waals surface area contributed by atoms with Gasteiger partial charge in [0.15, 0.2) is 0 Å². The van der Waals surface area contributed by atoms with Crippen molar-refractivity contribution < 1.29 is 0 Å². The van der Waals surface area contributed by atoms with Crippen LogP contribution in [0.3, 0.4) is 0 Å². The summed E-state index contributed by atoms with van der Waals surface area (Å²) in [6.45, 7) is 0. The second kappa shape index (κ2) is 9.21. The Hall–Kier alpha value is -2.04. The van der Waals surface area contributed by atoms with E-state index in [-0.39, 0.29) is 5.41 Å². The van der Waals surface area contributed by atoms with Gasteiger partial charge < -0.3 is 0 Å². The molecule has 0 aliphatic carbocycles. The summed E-state index contributed by atoms with van der Waals surface area (Å²) in [6.07, 6.45) is 4.38. The Morgan fingerprint density at radius 1 is 0.529 bits per heavy atom. The first-order chi connectivity index (χ1) is 8.24. The maximum atomic E-state index is 8.66. The van der Waals surface area contributed by atoms with Crippen LogP contribution in [0, 0.1) is 50.7 Å². The highest BCUT2D eigenvalue weighted by Crippen LogP contribution is 2.39. The van der Waals surface area contributed by atoms with Crippen molar-refractivity contribution in [2.45, 2.75) is 51.4 Å². The SMILES string of the molecule is N#CCCC(CCC#N)(CCC#N)CCC#N. The Labute approximate surface area is 103 Å². The van der Waals surface area contributed by atoms with Crippen molar-refractivity contribution in [3.8, 4) is 24.3 Å². The Morgan fingerprint density at radius 3 is 0.941 bits per heavy atom. The molecule has 0 spiro atoms. The van der Waals surface area contributed by atoms with Crippen molar-refractivity contribution >= 4 is 0 Å². The van der Waals surface area contributed by atoms with Gasteiger partial charge in [0.1, 0.15) is 0 Å². The van der Waals surface area contributed by atoms with Crippen molar-refractivity contribution in [2.24, 2.45) is 5.41 Å². The van der Waals surface area contributed by atoms with Gasteiger partial charge in [-0.05, 0) is 31.1 Å². The van der Waals surface area contributed by atoms with Gasteiger partial charge in [-0.15, -0.1) is 0 Å². The van der Waals surface area contributed by atoms with E-state index in [2.05, 4.69) is 24.3 Å². The number of hydrogen-bond donors (Lipinski definition) is 0. The third-order valence-corrected chi connectivity index (χ3v) is 3.07. The summed E-state index contributed by atoms with van der Waals surface area (Å²) in [7, 11) is 0. The highest BCUT2D eigenvalue weighted by Gasteiger charge is 2.28. The molecule has 0 aliphatic rings. The molecule has 0 rings (SSSR count). The maximum absolute atomic E-state index is 8.66. The second-order valence-corrected chi connectivity index (χ2v) is 4.13. The molecule has 0 aliphatic heterocycles. The van der Waals surface area contributed by atoms with E-state index in [9.17, 15) is 0 Å². The molecule has 4 nitrogen and oxygen atoms in total. The molecule has 0 fully saturated rings. The van der Waals surface area contributed by atoms with E-state index in [0.29, 0.717) is 51.4 Å². The molecule has 0 amide bonds. The highest BCUT2D eigenvalue weighted by atomic mass is 14.4. The van der Waals surface area contributed by atoms with Gasteiger partial charge in [-0.3, -0.25) is 0 Å². The standard InChI is InChI=1S/C13H16N4/c14-9-1-5-13(6-2-10-15,7-3-11-16)8-4-12-17/h1-8H2. The Morgan fingerprint density at radius 2 is 0.765 bits per heavy atom. The summed E-state index contributed by atoms with van der Waals surface area (Å²) in [4.78, 5) is 0. The van der Waals surface area contributed by atoms with Crippen LogP contribution >= 0.6 is 0 Å². The lowest BCUT2D eigenvalue weighted by Crippen LogP contribution is -2.20. The van der Waals surface area contributed by atoms with E-state index in [4.69, 9.17) is 21.0 Å². The van der Waals surface area contributed by atoms with Crippen LogP contribution in [0.15, 0.2) is 0 Å². The normalized spacial score (nSPS) is 9.65. The van der Waals surface area contributed by atoms with Crippen LogP contribution in [0.25, 0.3) is 0 Å². The van der Waals surface area contributed by atoms with E-state index in [1.807, 2.05) is 0 Å². The van der Waals surface area contributed by atoms with Gasteiger partial charge in [0.25, 0.3) is 0 Å². The third-order valence-electron chi connectivity index (χ3n) is 3.07. The molecule has 0 N–H and O–H groups in total. The van der Waals surface area contributed by atoms with Crippen LogP contribution in [-0.4, -0.2) is 0 Å². The Bertz CT molecular complexity index is 295. The lowest BCUT2D eigenvalue weighted by Gasteiger charge is -2.31. The van der Waals surface area contributed by atoms with E-state index in [0.717, 1.165) is 0 Å². The van der Waals surface area contributed by atoms with Gasteiger partial charge in [-0.1, -0.05) is 0 Å². The van der Waals surface area contributed by atoms with Crippen LogP contribution in [0.4, 0.5) is 0 Å². The van der Waals surface area contributed by atoms with Crippen LogP contribution in [-0.2, 0) is 0 Å². The first-order valence-corrected chi connectivity index (χ1v) is 5.72. The fourth-order valence-electron chi connectivity index (χ4n) is 2.03. The monoisotopic (exact) mass is 228 g/mol. The van der Waals surface area contributed by atoms with Crippen molar-refractivity contribution in [3.63, 3.8) is 0 Å². The summed E-state index contributed by atoms with van der Waals surface area (Å²) >= 11 is 0. The maximum Gasteiger partial charge on any atom is 0.0621 e. The minimum atomic E-state index is -0.184. The molecule has 88 valence electrons. The van der Waals surface area contributed by atoms with Gasteiger partial charge in [0, 0.05) is 25.7 Å². The average molecular weight is 228 g/mol. The molecule has 0 atom stereocenters. The van der Waals surface area contributed by atoms with Crippen LogP contribution in [0.1, 0.15) is 51.4 Å². The first-order valence-electron chi connectivity index (χ1n) is 5.72. The lowest BCUT2D eigenvalue weighted by atomic mass is 9.72. The third kappa shape index (κ3) is 6.19. The van der Waals surface area contributed by atoms with Crippen LogP contribution < -0.4 is 0 Å². The molecule has 0 saturated carbocycles. The summed E-state index contributed by atoms with van der Waals surface area (Å²) < 4.78 is 0. The zero-order chi connectivity index (χ0) is 13.0. The minimum Gasteiger partial charge on any atom is -0.198 e. The quantitative estimate of drug-likeness (QED) is 0.637. The topological polar surface area (TPSA) is 95.2 Å². The van der Waals surface area contributed by atoms with Crippen LogP contribution in [0.5, 0.6) is 0 Å². The molecular weight excluding hydrogens is 212 g/mol. The van der Waals surface area contributed by atoms with E-state index in [1.54, 1.807) is 0 Å². The molecule has 4 heteroatoms. The van der Waals surface area contributed by atoms with Crippen molar-refractivity contribution in [1.29, 1.82) is 21.0 Å². The molecule has 17 heavy (non-hydrogen) atoms. The first kappa shape index (κ1) is 15.0. The summed E-state index contributed by atoms with van der Waals surface area (Å²) in [6, 6.07) is 8.41. The van der Waals surface area contributed by atoms with Gasteiger partial charge in [-0.2, -0.15) is 21.0 Å². The van der Waals surface area contributed by atoms with E-state index in [1.165, 1.54) is 0 Å². The van der Waals surface area contributed by atoms with Gasteiger partial charge in [0.2, 0.25) is 0 Å². The summed E-state index contributed by atoms with van der Waals surface area (Å²) in [5.41, 5.74) is -0.184. The van der Waals surface area contributed by atoms with E-state index >= 15 is 0 Å². The van der Waals surface area contributed by atoms with E-state index < -0.39 is 0 Å². The zero-order valence-corrected chi connectivity index (χ0v) is 9.95. The Kier molecular flexibility index (Phi) is 8.10. The summed E-state index contributed by atoms with van der Waals surface area (Å²) in [5.74, 6) is 0. The Balaban J connectivity index is 4.67. The molecule has 0 heterocycles. The van der Waals surface area contributed by atoms with Gasteiger partial charge in [-0.25, -0.2) is 0 Å². The lowest BCUT2D eigenvalue weighted by molar-refractivity contribution is 0.209. The molecule has 0 bridgehead atoms. The predicted molar refractivity (Wildman–Crippen MR) is 61.8 cm³/mol. The molecule has 0 aromatic heterocycles. The molecule has 0 saturated heterocycles. The van der Waals surface area contributed by atoms with Gasteiger partial charge >= 0.3 is 0 Å². The predicted octanol–water partition coefficient (Wildman–Crippen LogP) is 3.19. The molecule has 0 unspecified atom stereocenters. The number of rotatable bonds is 8. The van der Waals surface area contributed by atoms with Crippen molar-refractivity contribution in [3.05, 3.63) is 0 Å². The largest absolute Gasteiger partial charge is 0.198 e. The minimum absolute atomic E-state index is 0.184. The second-order valence-electron chi connectivity index (χ2n) is 4.13. The number of hydrogen-bond acceptors (Lipinski definition) is 4. The molecule has 0 aromatic carbocycles. The highest BCUT2D eigenvalue weighted by molar-refractivity contribution is 4.91. The molecule has 0 radical (unpaired) electrons.